The Bertz CT molecular complexity index is 436. The van der Waals surface area contributed by atoms with Gasteiger partial charge in [0.1, 0.15) is 6.26 Å². The number of hydrogen-bond donors (Lipinski definition) is 2. The first-order valence-corrected chi connectivity index (χ1v) is 6.51. The number of carbonyl (C=O) groups excluding carboxylic acids is 2. The Labute approximate surface area is 124 Å². The van der Waals surface area contributed by atoms with Gasteiger partial charge in [-0.15, -0.1) is 12.4 Å². The van der Waals surface area contributed by atoms with Crippen LogP contribution in [-0.4, -0.2) is 42.9 Å². The first kappa shape index (κ1) is 16.5. The number of likely N-dealkylation sites (tertiary alicyclic amines) is 1. The standard InChI is InChI=1S/C13H19N3O3.ClH/c14-4-5-15-12(17)10-2-1-6-16(8-10)13(18)11-3-7-19-9-11;/h3,7,9-10H,1-2,4-6,8,14H2,(H,15,17);1H. The number of nitrogens with zero attached hydrogens (tertiary/aromatic N) is 1. The van der Waals surface area contributed by atoms with Crippen LogP contribution in [0.25, 0.3) is 0 Å². The number of furan rings is 1. The van der Waals surface area contributed by atoms with Gasteiger partial charge in [0.05, 0.1) is 17.7 Å². The van der Waals surface area contributed by atoms with Crippen LogP contribution in [0.2, 0.25) is 0 Å². The van der Waals surface area contributed by atoms with E-state index in [1.165, 1.54) is 12.5 Å². The van der Waals surface area contributed by atoms with E-state index >= 15 is 0 Å². The van der Waals surface area contributed by atoms with Crippen molar-refractivity contribution < 1.29 is 14.0 Å². The zero-order valence-electron chi connectivity index (χ0n) is 11.2. The zero-order valence-corrected chi connectivity index (χ0v) is 12.0. The third-order valence-corrected chi connectivity index (χ3v) is 3.29. The Hall–Kier alpha value is -1.53. The summed E-state index contributed by atoms with van der Waals surface area (Å²) in [6.07, 6.45) is 4.55. The van der Waals surface area contributed by atoms with E-state index in [0.29, 0.717) is 31.7 Å². The Morgan fingerprint density at radius 3 is 2.95 bits per heavy atom. The third-order valence-electron chi connectivity index (χ3n) is 3.29. The molecule has 1 fully saturated rings. The number of amides is 2. The lowest BCUT2D eigenvalue weighted by atomic mass is 9.96. The maximum atomic E-state index is 12.2. The monoisotopic (exact) mass is 301 g/mol. The molecule has 1 atom stereocenters. The molecule has 0 spiro atoms. The Kier molecular flexibility index (Phi) is 6.54. The fourth-order valence-electron chi connectivity index (χ4n) is 2.28. The van der Waals surface area contributed by atoms with E-state index < -0.39 is 0 Å². The number of carbonyl (C=O) groups is 2. The molecule has 0 aromatic carbocycles. The molecule has 1 aromatic rings. The molecule has 0 aliphatic carbocycles. The van der Waals surface area contributed by atoms with Crippen LogP contribution in [0.15, 0.2) is 23.0 Å². The molecule has 112 valence electrons. The highest BCUT2D eigenvalue weighted by atomic mass is 35.5. The van der Waals surface area contributed by atoms with Crippen molar-refractivity contribution in [3.63, 3.8) is 0 Å². The summed E-state index contributed by atoms with van der Waals surface area (Å²) in [4.78, 5) is 25.8. The van der Waals surface area contributed by atoms with Crippen molar-refractivity contribution in [2.45, 2.75) is 12.8 Å². The second kappa shape index (κ2) is 7.91. The van der Waals surface area contributed by atoms with Crippen molar-refractivity contribution in [2.75, 3.05) is 26.2 Å². The van der Waals surface area contributed by atoms with Crippen LogP contribution < -0.4 is 11.1 Å². The average molecular weight is 302 g/mol. The van der Waals surface area contributed by atoms with Crippen molar-refractivity contribution in [1.29, 1.82) is 0 Å². The van der Waals surface area contributed by atoms with Gasteiger partial charge in [-0.2, -0.15) is 0 Å². The summed E-state index contributed by atoms with van der Waals surface area (Å²) in [5.74, 6) is -0.239. The van der Waals surface area contributed by atoms with Crippen molar-refractivity contribution in [2.24, 2.45) is 11.7 Å². The third kappa shape index (κ3) is 3.98. The highest BCUT2D eigenvalue weighted by Crippen LogP contribution is 2.19. The van der Waals surface area contributed by atoms with Crippen molar-refractivity contribution in [3.8, 4) is 0 Å². The van der Waals surface area contributed by atoms with E-state index in [4.69, 9.17) is 10.2 Å². The quantitative estimate of drug-likeness (QED) is 0.853. The molecule has 0 radical (unpaired) electrons. The minimum absolute atomic E-state index is 0. The number of piperidine rings is 1. The van der Waals surface area contributed by atoms with E-state index in [0.717, 1.165) is 12.8 Å². The van der Waals surface area contributed by atoms with Crippen molar-refractivity contribution in [1.82, 2.24) is 10.2 Å². The summed E-state index contributed by atoms with van der Waals surface area (Å²) in [6.45, 7) is 2.05. The summed E-state index contributed by atoms with van der Waals surface area (Å²) in [5.41, 5.74) is 5.89. The lowest BCUT2D eigenvalue weighted by Gasteiger charge is -2.31. The second-order valence-corrected chi connectivity index (χ2v) is 4.68. The normalized spacial score (nSPS) is 18.2. The van der Waals surface area contributed by atoms with Gasteiger partial charge >= 0.3 is 0 Å². The predicted octanol–water partition coefficient (Wildman–Crippen LogP) is 0.628. The number of nitrogens with two attached hydrogens (primary N) is 1. The largest absolute Gasteiger partial charge is 0.472 e. The zero-order chi connectivity index (χ0) is 13.7. The lowest BCUT2D eigenvalue weighted by molar-refractivity contribution is -0.126. The first-order chi connectivity index (χ1) is 9.22. The maximum absolute atomic E-state index is 12.2. The van der Waals surface area contributed by atoms with Gasteiger partial charge in [-0.05, 0) is 18.9 Å². The van der Waals surface area contributed by atoms with E-state index in [1.54, 1.807) is 11.0 Å². The average Bonchev–Trinajstić information content (AvgIpc) is 2.98. The van der Waals surface area contributed by atoms with Crippen LogP contribution in [0.3, 0.4) is 0 Å². The molecular formula is C13H20ClN3O3. The molecule has 2 rings (SSSR count). The maximum Gasteiger partial charge on any atom is 0.257 e. The molecule has 6 nitrogen and oxygen atoms in total. The van der Waals surface area contributed by atoms with Gasteiger partial charge in [0, 0.05) is 26.2 Å². The molecule has 1 unspecified atom stereocenters. The van der Waals surface area contributed by atoms with Crippen LogP contribution in [0.5, 0.6) is 0 Å². The van der Waals surface area contributed by atoms with E-state index in [9.17, 15) is 9.59 Å². The van der Waals surface area contributed by atoms with Crippen LogP contribution in [0.4, 0.5) is 0 Å². The highest BCUT2D eigenvalue weighted by Gasteiger charge is 2.28. The lowest BCUT2D eigenvalue weighted by Crippen LogP contribution is -2.46. The van der Waals surface area contributed by atoms with Gasteiger partial charge in [-0.3, -0.25) is 9.59 Å². The molecular weight excluding hydrogens is 282 g/mol. The second-order valence-electron chi connectivity index (χ2n) is 4.68. The summed E-state index contributed by atoms with van der Waals surface area (Å²) >= 11 is 0. The van der Waals surface area contributed by atoms with Gasteiger partial charge < -0.3 is 20.4 Å². The summed E-state index contributed by atoms with van der Waals surface area (Å²) in [5, 5.41) is 2.78. The van der Waals surface area contributed by atoms with Crippen LogP contribution in [-0.2, 0) is 4.79 Å². The molecule has 0 bridgehead atoms. The van der Waals surface area contributed by atoms with Crippen molar-refractivity contribution >= 4 is 24.2 Å². The van der Waals surface area contributed by atoms with Gasteiger partial charge in [-0.1, -0.05) is 0 Å². The van der Waals surface area contributed by atoms with E-state index in [2.05, 4.69) is 5.32 Å². The smallest absolute Gasteiger partial charge is 0.257 e. The molecule has 1 aromatic heterocycles. The minimum atomic E-state index is -0.142. The fourth-order valence-corrected chi connectivity index (χ4v) is 2.28. The van der Waals surface area contributed by atoms with Gasteiger partial charge in [0.25, 0.3) is 5.91 Å². The summed E-state index contributed by atoms with van der Waals surface area (Å²) in [6, 6.07) is 1.64. The topological polar surface area (TPSA) is 88.6 Å². The van der Waals surface area contributed by atoms with E-state index in [-0.39, 0.29) is 30.1 Å². The first-order valence-electron chi connectivity index (χ1n) is 6.51. The highest BCUT2D eigenvalue weighted by molar-refractivity contribution is 5.94. The molecule has 7 heteroatoms. The SMILES string of the molecule is Cl.NCCNC(=O)C1CCCN(C(=O)c2ccoc2)C1. The van der Waals surface area contributed by atoms with Gasteiger partial charge in [0.15, 0.2) is 0 Å². The predicted molar refractivity (Wildman–Crippen MR) is 76.6 cm³/mol. The molecule has 3 N–H and O–H groups in total. The van der Waals surface area contributed by atoms with Gasteiger partial charge in [0.2, 0.25) is 5.91 Å². The van der Waals surface area contributed by atoms with Crippen molar-refractivity contribution in [3.05, 3.63) is 24.2 Å². The molecule has 0 saturated carbocycles. The summed E-state index contributed by atoms with van der Waals surface area (Å²) < 4.78 is 4.91. The Morgan fingerprint density at radius 1 is 1.50 bits per heavy atom. The van der Waals surface area contributed by atoms with Crippen LogP contribution in [0, 0.1) is 5.92 Å². The van der Waals surface area contributed by atoms with Crippen LogP contribution >= 0.6 is 12.4 Å². The molecule has 2 amide bonds. The Morgan fingerprint density at radius 2 is 2.30 bits per heavy atom. The van der Waals surface area contributed by atoms with Gasteiger partial charge in [-0.25, -0.2) is 0 Å². The van der Waals surface area contributed by atoms with E-state index in [1.807, 2.05) is 0 Å². The molecule has 1 aliphatic heterocycles. The minimum Gasteiger partial charge on any atom is -0.472 e. The summed E-state index contributed by atoms with van der Waals surface area (Å²) in [7, 11) is 0. The molecule has 1 saturated heterocycles. The molecule has 1 aliphatic rings. The Balaban J connectivity index is 0.00000200. The number of rotatable bonds is 4. The number of hydrogen-bond acceptors (Lipinski definition) is 4. The number of nitrogens with one attached hydrogen (secondary N) is 1. The number of halogens is 1. The fraction of sp³-hybridized carbons (Fsp3) is 0.538. The molecule has 20 heavy (non-hydrogen) atoms. The van der Waals surface area contributed by atoms with Crippen LogP contribution in [0.1, 0.15) is 23.2 Å². The molecule has 2 heterocycles.